The van der Waals surface area contributed by atoms with Gasteiger partial charge < -0.3 is 14.9 Å². The number of carbonyl (C=O) groups is 3. The lowest BCUT2D eigenvalue weighted by Gasteiger charge is -2.64. The van der Waals surface area contributed by atoms with Crippen molar-refractivity contribution in [1.29, 1.82) is 0 Å². The molecule has 4 aliphatic rings. The molecular formula is C24H30Cl2O6. The van der Waals surface area contributed by atoms with Crippen LogP contribution in [0.15, 0.2) is 23.8 Å². The third-order valence-electron chi connectivity index (χ3n) is 9.04. The maximum Gasteiger partial charge on any atom is 0.303 e. The molecule has 0 aromatic rings. The first-order chi connectivity index (χ1) is 14.7. The minimum absolute atomic E-state index is 0.193. The van der Waals surface area contributed by atoms with Gasteiger partial charge in [0, 0.05) is 17.8 Å². The van der Waals surface area contributed by atoms with Crippen molar-refractivity contribution in [2.75, 3.05) is 6.61 Å². The van der Waals surface area contributed by atoms with Crippen LogP contribution in [-0.2, 0) is 19.1 Å². The van der Waals surface area contributed by atoms with Crippen molar-refractivity contribution in [2.45, 2.75) is 68.9 Å². The van der Waals surface area contributed by atoms with Gasteiger partial charge in [-0.25, -0.2) is 0 Å². The van der Waals surface area contributed by atoms with E-state index < -0.39 is 57.1 Å². The summed E-state index contributed by atoms with van der Waals surface area (Å²) in [5.74, 6) is -2.24. The number of aliphatic hydroxyl groups is 2. The Kier molecular flexibility index (Phi) is 5.53. The SMILES string of the molecule is CC(=O)OCC(=O)[C@@]1(O)[C@H](C)C[C@H]2[C@@H]3C[C@@H](O)C4=CC(=O)C=C[C@]4(C)[C@@]3(Cl)[C@@H](Cl)C[C@@]21C. The standard InChI is InChI=1S/C24H30Cl2O6/c1-12-7-15-16-9-18(29)17-8-14(28)5-6-21(17,3)23(16,26)19(25)10-22(15,4)24(12,31)20(30)11-32-13(2)27/h5-6,8,12,15-16,18-19,29,31H,7,9-11H2,1-4H3/t12-,15+,16+,18-,19+,21+,22+,23+,24+/m1/s1. The van der Waals surface area contributed by atoms with Gasteiger partial charge in [-0.1, -0.05) is 26.8 Å². The van der Waals surface area contributed by atoms with E-state index >= 15 is 0 Å². The van der Waals surface area contributed by atoms with E-state index in [9.17, 15) is 24.6 Å². The molecule has 4 rings (SSSR count). The van der Waals surface area contributed by atoms with Crippen LogP contribution >= 0.6 is 23.2 Å². The normalized spacial score (nSPS) is 49.6. The third-order valence-corrected chi connectivity index (χ3v) is 10.6. The second-order valence-electron chi connectivity index (χ2n) is 10.5. The van der Waals surface area contributed by atoms with Crippen LogP contribution in [0.5, 0.6) is 0 Å². The summed E-state index contributed by atoms with van der Waals surface area (Å²) in [6.07, 6.45) is 4.88. The molecule has 0 aliphatic heterocycles. The average molecular weight is 485 g/mol. The summed E-state index contributed by atoms with van der Waals surface area (Å²) in [7, 11) is 0. The Morgan fingerprint density at radius 2 is 1.91 bits per heavy atom. The van der Waals surface area contributed by atoms with E-state index in [2.05, 4.69) is 0 Å². The smallest absolute Gasteiger partial charge is 0.303 e. The zero-order valence-corrected chi connectivity index (χ0v) is 20.2. The van der Waals surface area contributed by atoms with Gasteiger partial charge in [0.1, 0.15) is 5.60 Å². The Morgan fingerprint density at radius 1 is 1.25 bits per heavy atom. The predicted octanol–water partition coefficient (Wildman–Crippen LogP) is 2.95. The molecule has 0 saturated heterocycles. The zero-order chi connectivity index (χ0) is 23.9. The van der Waals surface area contributed by atoms with E-state index in [1.165, 1.54) is 19.1 Å². The van der Waals surface area contributed by atoms with Gasteiger partial charge in [-0.2, -0.15) is 0 Å². The molecule has 6 nitrogen and oxygen atoms in total. The molecule has 0 heterocycles. The minimum atomic E-state index is -1.74. The molecular weight excluding hydrogens is 455 g/mol. The highest BCUT2D eigenvalue weighted by Gasteiger charge is 2.75. The number of aliphatic hydroxyl groups excluding tert-OH is 1. The van der Waals surface area contributed by atoms with Gasteiger partial charge in [-0.15, -0.1) is 23.2 Å². The van der Waals surface area contributed by atoms with E-state index in [1.807, 2.05) is 20.8 Å². The first-order valence-electron chi connectivity index (χ1n) is 11.1. The molecule has 32 heavy (non-hydrogen) atoms. The number of hydrogen-bond acceptors (Lipinski definition) is 6. The lowest BCUT2D eigenvalue weighted by Crippen LogP contribution is -2.69. The number of ketones is 2. The quantitative estimate of drug-likeness (QED) is 0.471. The number of allylic oxidation sites excluding steroid dienone is 3. The van der Waals surface area contributed by atoms with E-state index in [1.54, 1.807) is 6.08 Å². The number of fused-ring (bicyclic) bond motifs is 5. The molecule has 0 spiro atoms. The molecule has 9 atom stereocenters. The fraction of sp³-hybridized carbons (Fsp3) is 0.708. The van der Waals surface area contributed by atoms with Crippen LogP contribution in [0.25, 0.3) is 0 Å². The molecule has 0 amide bonds. The summed E-state index contributed by atoms with van der Waals surface area (Å²) in [6, 6.07) is 0. The van der Waals surface area contributed by atoms with Gasteiger partial charge in [-0.3, -0.25) is 14.4 Å². The van der Waals surface area contributed by atoms with Crippen LogP contribution in [-0.4, -0.2) is 56.3 Å². The second kappa shape index (κ2) is 7.39. The summed E-state index contributed by atoms with van der Waals surface area (Å²) < 4.78 is 4.93. The highest BCUT2D eigenvalue weighted by molar-refractivity contribution is 6.34. The number of Topliss-reactive ketones (excluding diaryl/α,β-unsaturated/α-hetero) is 1. The second-order valence-corrected chi connectivity index (χ2v) is 11.6. The topological polar surface area (TPSA) is 101 Å². The van der Waals surface area contributed by atoms with Gasteiger partial charge in [0.15, 0.2) is 12.4 Å². The lowest BCUT2D eigenvalue weighted by molar-refractivity contribution is -0.173. The van der Waals surface area contributed by atoms with Gasteiger partial charge in [0.05, 0.1) is 16.4 Å². The largest absolute Gasteiger partial charge is 0.458 e. The molecule has 4 aliphatic carbocycles. The van der Waals surface area contributed by atoms with Crippen molar-refractivity contribution in [3.8, 4) is 0 Å². The molecule has 0 unspecified atom stereocenters. The van der Waals surface area contributed by atoms with Gasteiger partial charge in [0.25, 0.3) is 0 Å². The van der Waals surface area contributed by atoms with Crippen molar-refractivity contribution in [1.82, 2.24) is 0 Å². The van der Waals surface area contributed by atoms with Crippen LogP contribution in [0.4, 0.5) is 0 Å². The molecule has 0 radical (unpaired) electrons. The minimum Gasteiger partial charge on any atom is -0.458 e. The van der Waals surface area contributed by atoms with Crippen LogP contribution in [0.1, 0.15) is 47.0 Å². The van der Waals surface area contributed by atoms with E-state index in [0.29, 0.717) is 12.0 Å². The average Bonchev–Trinajstić information content (AvgIpc) is 2.91. The number of esters is 1. The molecule has 3 fully saturated rings. The molecule has 8 heteroatoms. The predicted molar refractivity (Wildman–Crippen MR) is 119 cm³/mol. The summed E-state index contributed by atoms with van der Waals surface area (Å²) in [5.41, 5.74) is -2.93. The maximum atomic E-state index is 13.2. The van der Waals surface area contributed by atoms with Gasteiger partial charge in [0.2, 0.25) is 5.78 Å². The molecule has 0 aromatic carbocycles. The Bertz CT molecular complexity index is 945. The molecule has 3 saturated carbocycles. The number of rotatable bonds is 3. The van der Waals surface area contributed by atoms with Crippen molar-refractivity contribution in [2.24, 2.45) is 28.6 Å². The highest BCUT2D eigenvalue weighted by Crippen LogP contribution is 2.72. The number of ether oxygens (including phenoxy) is 1. The zero-order valence-electron chi connectivity index (χ0n) is 18.7. The van der Waals surface area contributed by atoms with E-state index in [4.69, 9.17) is 27.9 Å². The molecule has 2 N–H and O–H groups in total. The maximum absolute atomic E-state index is 13.2. The summed E-state index contributed by atoms with van der Waals surface area (Å²) >= 11 is 14.4. The van der Waals surface area contributed by atoms with Crippen LogP contribution in [0, 0.1) is 28.6 Å². The van der Waals surface area contributed by atoms with Crippen LogP contribution in [0.2, 0.25) is 0 Å². The highest BCUT2D eigenvalue weighted by atomic mass is 35.5. The first kappa shape index (κ1) is 23.9. The fourth-order valence-corrected chi connectivity index (χ4v) is 8.59. The Labute approximate surface area is 198 Å². The molecule has 0 bridgehead atoms. The lowest BCUT2D eigenvalue weighted by atomic mass is 9.46. The van der Waals surface area contributed by atoms with Crippen molar-refractivity contribution in [3.05, 3.63) is 23.8 Å². The van der Waals surface area contributed by atoms with Crippen LogP contribution < -0.4 is 0 Å². The summed E-state index contributed by atoms with van der Waals surface area (Å²) in [6.45, 7) is 6.30. The number of halogens is 2. The van der Waals surface area contributed by atoms with Gasteiger partial charge in [-0.05, 0) is 54.7 Å². The third kappa shape index (κ3) is 2.82. The van der Waals surface area contributed by atoms with Crippen LogP contribution in [0.3, 0.4) is 0 Å². The summed E-state index contributed by atoms with van der Waals surface area (Å²) in [4.78, 5) is 35.5. The van der Waals surface area contributed by atoms with E-state index in [0.717, 1.165) is 0 Å². The number of alkyl halides is 2. The Hall–Kier alpha value is -1.21. The summed E-state index contributed by atoms with van der Waals surface area (Å²) in [5, 5.41) is 22.2. The monoisotopic (exact) mass is 484 g/mol. The number of carbonyl (C=O) groups excluding carboxylic acids is 3. The Balaban J connectivity index is 1.79. The molecule has 0 aromatic heterocycles. The van der Waals surface area contributed by atoms with Crippen molar-refractivity contribution < 1.29 is 29.3 Å². The fourth-order valence-electron chi connectivity index (χ4n) is 7.39. The first-order valence-corrected chi connectivity index (χ1v) is 11.9. The van der Waals surface area contributed by atoms with E-state index in [-0.39, 0.29) is 30.5 Å². The van der Waals surface area contributed by atoms with Crippen molar-refractivity contribution in [3.63, 3.8) is 0 Å². The molecule has 176 valence electrons. The van der Waals surface area contributed by atoms with Crippen molar-refractivity contribution >= 4 is 40.7 Å². The van der Waals surface area contributed by atoms with Gasteiger partial charge >= 0.3 is 5.97 Å². The number of hydrogen-bond donors (Lipinski definition) is 2. The Morgan fingerprint density at radius 3 is 2.53 bits per heavy atom.